The standard InChI is InChI=1S/C16H13ClOS/c17-12-6-7-15-14(10-12)13(8-9-18)16(19-15)11-4-2-1-3-5-11/h1-7,10,18H,8-9H2. The lowest BCUT2D eigenvalue weighted by molar-refractivity contribution is 0.300. The van der Waals surface area contributed by atoms with E-state index in [1.54, 1.807) is 11.3 Å². The largest absolute Gasteiger partial charge is 0.396 e. The van der Waals surface area contributed by atoms with Gasteiger partial charge >= 0.3 is 0 Å². The van der Waals surface area contributed by atoms with E-state index in [0.717, 1.165) is 10.4 Å². The second-order valence-corrected chi connectivity index (χ2v) is 5.88. The van der Waals surface area contributed by atoms with Crippen LogP contribution in [-0.2, 0) is 6.42 Å². The van der Waals surface area contributed by atoms with E-state index in [1.807, 2.05) is 30.3 Å². The number of hydrogen-bond acceptors (Lipinski definition) is 2. The summed E-state index contributed by atoms with van der Waals surface area (Å²) in [5.41, 5.74) is 2.39. The third-order valence-electron chi connectivity index (χ3n) is 3.15. The number of aliphatic hydroxyl groups is 1. The first-order chi connectivity index (χ1) is 9.29. The molecule has 0 bridgehead atoms. The fraction of sp³-hybridized carbons (Fsp3) is 0.125. The lowest BCUT2D eigenvalue weighted by atomic mass is 10.0. The van der Waals surface area contributed by atoms with Crippen molar-refractivity contribution >= 4 is 33.0 Å². The van der Waals surface area contributed by atoms with E-state index in [-0.39, 0.29) is 6.61 Å². The monoisotopic (exact) mass is 288 g/mol. The Morgan fingerprint density at radius 2 is 1.84 bits per heavy atom. The molecule has 1 N–H and O–H groups in total. The van der Waals surface area contributed by atoms with Crippen molar-refractivity contribution < 1.29 is 5.11 Å². The molecule has 0 amide bonds. The van der Waals surface area contributed by atoms with Crippen molar-refractivity contribution in [3.63, 3.8) is 0 Å². The molecular formula is C16H13ClOS. The molecule has 1 aromatic heterocycles. The van der Waals surface area contributed by atoms with Gasteiger partial charge < -0.3 is 5.11 Å². The van der Waals surface area contributed by atoms with Crippen molar-refractivity contribution in [1.82, 2.24) is 0 Å². The Balaban J connectivity index is 2.26. The van der Waals surface area contributed by atoms with Gasteiger partial charge in [0, 0.05) is 21.2 Å². The molecule has 19 heavy (non-hydrogen) atoms. The predicted molar refractivity (Wildman–Crippen MR) is 83.1 cm³/mol. The molecule has 0 fully saturated rings. The highest BCUT2D eigenvalue weighted by molar-refractivity contribution is 7.22. The molecule has 0 unspecified atom stereocenters. The predicted octanol–water partition coefficient (Wildman–Crippen LogP) is 4.76. The minimum atomic E-state index is 0.151. The number of rotatable bonds is 3. The van der Waals surface area contributed by atoms with Crippen molar-refractivity contribution in [1.29, 1.82) is 0 Å². The van der Waals surface area contributed by atoms with E-state index in [9.17, 15) is 5.11 Å². The molecule has 96 valence electrons. The van der Waals surface area contributed by atoms with E-state index in [4.69, 9.17) is 11.6 Å². The van der Waals surface area contributed by atoms with E-state index < -0.39 is 0 Å². The average molecular weight is 289 g/mol. The molecule has 0 aliphatic rings. The Labute approximate surface area is 121 Å². The highest BCUT2D eigenvalue weighted by atomic mass is 35.5. The molecule has 2 aromatic carbocycles. The lowest BCUT2D eigenvalue weighted by Gasteiger charge is -2.03. The SMILES string of the molecule is OCCc1c(-c2ccccc2)sc2ccc(Cl)cc12. The Bertz CT molecular complexity index is 703. The van der Waals surface area contributed by atoms with Gasteiger partial charge in [-0.05, 0) is 41.1 Å². The van der Waals surface area contributed by atoms with Crippen LogP contribution in [-0.4, -0.2) is 11.7 Å². The summed E-state index contributed by atoms with van der Waals surface area (Å²) >= 11 is 7.84. The van der Waals surface area contributed by atoms with Crippen molar-refractivity contribution in [2.75, 3.05) is 6.61 Å². The summed E-state index contributed by atoms with van der Waals surface area (Å²) in [6.45, 7) is 0.151. The van der Waals surface area contributed by atoms with Crippen LogP contribution >= 0.6 is 22.9 Å². The van der Waals surface area contributed by atoms with Gasteiger partial charge in [-0.25, -0.2) is 0 Å². The summed E-state index contributed by atoms with van der Waals surface area (Å²) in [5.74, 6) is 0. The Kier molecular flexibility index (Phi) is 3.56. The van der Waals surface area contributed by atoms with Crippen LogP contribution in [0, 0.1) is 0 Å². The second-order valence-electron chi connectivity index (χ2n) is 4.39. The molecule has 1 heterocycles. The molecule has 0 saturated carbocycles. The zero-order valence-corrected chi connectivity index (χ0v) is 11.8. The third-order valence-corrected chi connectivity index (χ3v) is 4.65. The number of aliphatic hydroxyl groups excluding tert-OH is 1. The van der Waals surface area contributed by atoms with E-state index in [1.165, 1.54) is 20.7 Å². The lowest BCUT2D eigenvalue weighted by Crippen LogP contribution is -1.91. The van der Waals surface area contributed by atoms with Crippen LogP contribution in [0.15, 0.2) is 48.5 Å². The molecule has 1 nitrogen and oxygen atoms in total. The highest BCUT2D eigenvalue weighted by Crippen LogP contribution is 2.39. The Morgan fingerprint density at radius 1 is 1.05 bits per heavy atom. The molecule has 0 aliphatic heterocycles. The van der Waals surface area contributed by atoms with Crippen LogP contribution in [0.1, 0.15) is 5.56 Å². The molecular weight excluding hydrogens is 276 g/mol. The van der Waals surface area contributed by atoms with Crippen molar-refractivity contribution in [2.45, 2.75) is 6.42 Å². The van der Waals surface area contributed by atoms with Crippen LogP contribution in [0.3, 0.4) is 0 Å². The van der Waals surface area contributed by atoms with Gasteiger partial charge in [-0.2, -0.15) is 0 Å². The first-order valence-electron chi connectivity index (χ1n) is 6.17. The fourth-order valence-corrected chi connectivity index (χ4v) is 3.71. The number of hydrogen-bond donors (Lipinski definition) is 1. The van der Waals surface area contributed by atoms with E-state index in [0.29, 0.717) is 6.42 Å². The zero-order valence-electron chi connectivity index (χ0n) is 10.3. The van der Waals surface area contributed by atoms with Gasteiger partial charge in [0.2, 0.25) is 0 Å². The molecule has 0 saturated heterocycles. The minimum Gasteiger partial charge on any atom is -0.396 e. The van der Waals surface area contributed by atoms with Gasteiger partial charge in [0.05, 0.1) is 0 Å². The van der Waals surface area contributed by atoms with Gasteiger partial charge in [0.25, 0.3) is 0 Å². The molecule has 3 rings (SSSR count). The van der Waals surface area contributed by atoms with Crippen molar-refractivity contribution in [2.24, 2.45) is 0 Å². The topological polar surface area (TPSA) is 20.2 Å². The van der Waals surface area contributed by atoms with Crippen LogP contribution in [0.5, 0.6) is 0 Å². The molecule has 0 atom stereocenters. The van der Waals surface area contributed by atoms with Crippen LogP contribution < -0.4 is 0 Å². The van der Waals surface area contributed by atoms with Crippen molar-refractivity contribution in [3.8, 4) is 10.4 Å². The van der Waals surface area contributed by atoms with Crippen LogP contribution in [0.25, 0.3) is 20.5 Å². The maximum atomic E-state index is 9.31. The van der Waals surface area contributed by atoms with Crippen molar-refractivity contribution in [3.05, 3.63) is 59.1 Å². The second kappa shape index (κ2) is 5.33. The van der Waals surface area contributed by atoms with Crippen LogP contribution in [0.2, 0.25) is 5.02 Å². The molecule has 3 heteroatoms. The summed E-state index contributed by atoms with van der Waals surface area (Å²) in [7, 11) is 0. The summed E-state index contributed by atoms with van der Waals surface area (Å²) in [5, 5.41) is 11.2. The molecule has 0 spiro atoms. The number of fused-ring (bicyclic) bond motifs is 1. The van der Waals surface area contributed by atoms with Crippen LogP contribution in [0.4, 0.5) is 0 Å². The summed E-state index contributed by atoms with van der Waals surface area (Å²) in [4.78, 5) is 1.23. The summed E-state index contributed by atoms with van der Waals surface area (Å²) in [6, 6.07) is 16.3. The van der Waals surface area contributed by atoms with E-state index in [2.05, 4.69) is 18.2 Å². The Hall–Kier alpha value is -1.35. The normalized spacial score (nSPS) is 11.1. The maximum absolute atomic E-state index is 9.31. The molecule has 0 aliphatic carbocycles. The number of benzene rings is 2. The minimum absolute atomic E-state index is 0.151. The summed E-state index contributed by atoms with van der Waals surface area (Å²) in [6.07, 6.45) is 0.657. The van der Waals surface area contributed by atoms with Gasteiger partial charge in [0.1, 0.15) is 0 Å². The molecule has 0 radical (unpaired) electrons. The van der Waals surface area contributed by atoms with Gasteiger partial charge in [-0.15, -0.1) is 11.3 Å². The van der Waals surface area contributed by atoms with Gasteiger partial charge in [0.15, 0.2) is 0 Å². The maximum Gasteiger partial charge on any atom is 0.0472 e. The zero-order chi connectivity index (χ0) is 13.2. The Morgan fingerprint density at radius 3 is 2.58 bits per heavy atom. The summed E-state index contributed by atoms with van der Waals surface area (Å²) < 4.78 is 1.21. The third kappa shape index (κ3) is 2.39. The van der Waals surface area contributed by atoms with Gasteiger partial charge in [-0.1, -0.05) is 41.9 Å². The fourth-order valence-electron chi connectivity index (χ4n) is 2.30. The number of halogens is 1. The highest BCUT2D eigenvalue weighted by Gasteiger charge is 2.13. The first-order valence-corrected chi connectivity index (χ1v) is 7.36. The number of thiophene rings is 1. The molecule has 3 aromatic rings. The smallest absolute Gasteiger partial charge is 0.0472 e. The average Bonchev–Trinajstić information content (AvgIpc) is 2.79. The first kappa shape index (κ1) is 12.7. The van der Waals surface area contributed by atoms with Gasteiger partial charge in [-0.3, -0.25) is 0 Å². The quantitative estimate of drug-likeness (QED) is 0.737. The van der Waals surface area contributed by atoms with E-state index >= 15 is 0 Å².